The van der Waals surface area contributed by atoms with Crippen molar-refractivity contribution in [3.63, 3.8) is 0 Å². The number of hydrogen-bond donors (Lipinski definition) is 0. The SMILES string of the molecule is C#CC(C)O/N=C(\C)c1cc(C)c(/N=C\N(C)CC)cc1C. The number of aliphatic imine (C=N–C) groups is 1. The molecule has 1 atom stereocenters. The van der Waals surface area contributed by atoms with Crippen LogP contribution in [-0.4, -0.2) is 36.6 Å². The van der Waals surface area contributed by atoms with Gasteiger partial charge in [0.25, 0.3) is 0 Å². The zero-order valence-corrected chi connectivity index (χ0v) is 14.3. The number of nitrogens with zero attached hydrogens (tertiary/aromatic N) is 3. The molecule has 1 aromatic rings. The van der Waals surface area contributed by atoms with Crippen LogP contribution >= 0.6 is 0 Å². The molecule has 22 heavy (non-hydrogen) atoms. The molecule has 0 fully saturated rings. The van der Waals surface area contributed by atoms with E-state index in [1.807, 2.05) is 39.1 Å². The minimum Gasteiger partial charge on any atom is -0.379 e. The number of oxime groups is 1. The molecule has 0 saturated heterocycles. The predicted molar refractivity (Wildman–Crippen MR) is 94.0 cm³/mol. The Morgan fingerprint density at radius 3 is 2.68 bits per heavy atom. The predicted octanol–water partition coefficient (Wildman–Crippen LogP) is 3.68. The van der Waals surface area contributed by atoms with Gasteiger partial charge < -0.3 is 9.74 Å². The van der Waals surface area contributed by atoms with Crippen molar-refractivity contribution >= 4 is 17.7 Å². The highest BCUT2D eigenvalue weighted by atomic mass is 16.6. The normalized spacial score (nSPS) is 13.0. The molecule has 0 heterocycles. The summed E-state index contributed by atoms with van der Waals surface area (Å²) in [6.07, 6.45) is 6.79. The summed E-state index contributed by atoms with van der Waals surface area (Å²) in [5.41, 5.74) is 5.02. The highest BCUT2D eigenvalue weighted by Crippen LogP contribution is 2.23. The molecule has 0 aliphatic rings. The molecular formula is C18H25N3O. The first-order valence-electron chi connectivity index (χ1n) is 7.41. The fourth-order valence-corrected chi connectivity index (χ4v) is 1.81. The van der Waals surface area contributed by atoms with E-state index in [-0.39, 0.29) is 6.10 Å². The number of hydrogen-bond acceptors (Lipinski definition) is 3. The zero-order valence-electron chi connectivity index (χ0n) is 14.3. The van der Waals surface area contributed by atoms with Gasteiger partial charge in [-0.25, -0.2) is 4.99 Å². The summed E-state index contributed by atoms with van der Waals surface area (Å²) in [7, 11) is 2.00. The summed E-state index contributed by atoms with van der Waals surface area (Å²) < 4.78 is 0. The summed E-state index contributed by atoms with van der Waals surface area (Å²) in [6.45, 7) is 10.8. The van der Waals surface area contributed by atoms with Crippen molar-refractivity contribution in [2.45, 2.75) is 40.7 Å². The molecule has 0 aliphatic carbocycles. The van der Waals surface area contributed by atoms with E-state index >= 15 is 0 Å². The molecule has 1 rings (SSSR count). The van der Waals surface area contributed by atoms with Gasteiger partial charge in [0.05, 0.1) is 17.7 Å². The number of rotatable bonds is 6. The lowest BCUT2D eigenvalue weighted by molar-refractivity contribution is 0.112. The van der Waals surface area contributed by atoms with E-state index in [9.17, 15) is 0 Å². The molecule has 0 amide bonds. The molecule has 1 unspecified atom stereocenters. The van der Waals surface area contributed by atoms with Crippen molar-refractivity contribution in [1.82, 2.24) is 4.90 Å². The van der Waals surface area contributed by atoms with Crippen molar-refractivity contribution in [1.29, 1.82) is 0 Å². The topological polar surface area (TPSA) is 37.2 Å². The fourth-order valence-electron chi connectivity index (χ4n) is 1.81. The van der Waals surface area contributed by atoms with E-state index in [1.54, 1.807) is 6.92 Å². The number of terminal acetylenes is 1. The van der Waals surface area contributed by atoms with Gasteiger partial charge >= 0.3 is 0 Å². The standard InChI is InChI=1S/C18H25N3O/c1-8-15(5)22-20-16(6)17-10-14(4)18(11-13(17)3)19-12-21(7)9-2/h1,10-12,15H,9H2,2-7H3/b19-12-,20-16+. The molecule has 0 radical (unpaired) electrons. The van der Waals surface area contributed by atoms with Crippen LogP contribution in [-0.2, 0) is 4.84 Å². The van der Waals surface area contributed by atoms with Crippen molar-refractivity contribution in [2.75, 3.05) is 13.6 Å². The van der Waals surface area contributed by atoms with E-state index in [4.69, 9.17) is 11.3 Å². The maximum absolute atomic E-state index is 5.28. The van der Waals surface area contributed by atoms with Crippen LogP contribution in [0.4, 0.5) is 5.69 Å². The molecule has 4 nitrogen and oxygen atoms in total. The second-order valence-corrected chi connectivity index (χ2v) is 5.36. The van der Waals surface area contributed by atoms with Crippen LogP contribution in [0.2, 0.25) is 0 Å². The van der Waals surface area contributed by atoms with E-state index in [2.05, 4.69) is 35.1 Å². The van der Waals surface area contributed by atoms with Gasteiger partial charge in [-0.3, -0.25) is 0 Å². The van der Waals surface area contributed by atoms with E-state index in [1.165, 1.54) is 0 Å². The Morgan fingerprint density at radius 2 is 2.09 bits per heavy atom. The summed E-state index contributed by atoms with van der Waals surface area (Å²) >= 11 is 0. The van der Waals surface area contributed by atoms with Crippen molar-refractivity contribution in [3.05, 3.63) is 28.8 Å². The molecule has 4 heteroatoms. The van der Waals surface area contributed by atoms with Crippen LogP contribution in [0.5, 0.6) is 0 Å². The van der Waals surface area contributed by atoms with Crippen LogP contribution in [0.3, 0.4) is 0 Å². The van der Waals surface area contributed by atoms with Gasteiger partial charge in [-0.15, -0.1) is 6.42 Å². The van der Waals surface area contributed by atoms with Gasteiger partial charge in [0, 0.05) is 19.2 Å². The van der Waals surface area contributed by atoms with Gasteiger partial charge in [0.15, 0.2) is 6.10 Å². The lowest BCUT2D eigenvalue weighted by Gasteiger charge is -2.12. The quantitative estimate of drug-likeness (QED) is 0.348. The van der Waals surface area contributed by atoms with Crippen LogP contribution in [0.25, 0.3) is 0 Å². The Balaban J connectivity index is 3.04. The van der Waals surface area contributed by atoms with E-state index < -0.39 is 0 Å². The van der Waals surface area contributed by atoms with Gasteiger partial charge in [0.1, 0.15) is 0 Å². The average Bonchev–Trinajstić information content (AvgIpc) is 2.51. The first kappa shape index (κ1) is 17.8. The number of aryl methyl sites for hydroxylation is 2. The Kier molecular flexibility index (Phi) is 6.65. The smallest absolute Gasteiger partial charge is 0.184 e. The highest BCUT2D eigenvalue weighted by molar-refractivity contribution is 6.00. The zero-order chi connectivity index (χ0) is 16.7. The molecule has 0 aromatic heterocycles. The largest absolute Gasteiger partial charge is 0.379 e. The first-order valence-corrected chi connectivity index (χ1v) is 7.41. The summed E-state index contributed by atoms with van der Waals surface area (Å²) in [6, 6.07) is 4.14. The maximum Gasteiger partial charge on any atom is 0.184 e. The third kappa shape index (κ3) is 4.92. The van der Waals surface area contributed by atoms with Crippen molar-refractivity contribution in [2.24, 2.45) is 10.1 Å². The van der Waals surface area contributed by atoms with Crippen molar-refractivity contribution < 1.29 is 4.84 Å². The molecule has 0 spiro atoms. The van der Waals surface area contributed by atoms with Crippen LogP contribution in [0.1, 0.15) is 37.5 Å². The Bertz CT molecular complexity index is 611. The first-order chi connectivity index (χ1) is 10.4. The Hall–Kier alpha value is -2.28. The Labute approximate surface area is 133 Å². The molecule has 1 aromatic carbocycles. The third-order valence-electron chi connectivity index (χ3n) is 3.41. The minimum atomic E-state index is -0.329. The Morgan fingerprint density at radius 1 is 1.41 bits per heavy atom. The van der Waals surface area contributed by atoms with Gasteiger partial charge in [-0.2, -0.15) is 0 Å². The number of benzene rings is 1. The van der Waals surface area contributed by atoms with Crippen LogP contribution in [0.15, 0.2) is 22.3 Å². The molecular weight excluding hydrogens is 274 g/mol. The minimum absolute atomic E-state index is 0.329. The second-order valence-electron chi connectivity index (χ2n) is 5.36. The summed E-state index contributed by atoms with van der Waals surface area (Å²) in [4.78, 5) is 11.8. The lowest BCUT2D eigenvalue weighted by atomic mass is 10.0. The highest BCUT2D eigenvalue weighted by Gasteiger charge is 2.08. The molecule has 0 bridgehead atoms. The fraction of sp³-hybridized carbons (Fsp3) is 0.444. The van der Waals surface area contributed by atoms with E-state index in [0.717, 1.165) is 34.6 Å². The van der Waals surface area contributed by atoms with E-state index in [0.29, 0.717) is 0 Å². The van der Waals surface area contributed by atoms with Crippen LogP contribution < -0.4 is 0 Å². The maximum atomic E-state index is 5.28. The van der Waals surface area contributed by atoms with Crippen molar-refractivity contribution in [3.8, 4) is 12.3 Å². The third-order valence-corrected chi connectivity index (χ3v) is 3.41. The summed E-state index contributed by atoms with van der Waals surface area (Å²) in [5, 5.41) is 4.11. The summed E-state index contributed by atoms with van der Waals surface area (Å²) in [5.74, 6) is 2.49. The molecule has 0 N–H and O–H groups in total. The molecule has 118 valence electrons. The monoisotopic (exact) mass is 299 g/mol. The molecule has 0 aliphatic heterocycles. The van der Waals surface area contributed by atoms with Gasteiger partial charge in [0.2, 0.25) is 0 Å². The lowest BCUT2D eigenvalue weighted by Crippen LogP contribution is -2.14. The van der Waals surface area contributed by atoms with Crippen LogP contribution in [0, 0.1) is 26.2 Å². The van der Waals surface area contributed by atoms with Gasteiger partial charge in [-0.05, 0) is 57.9 Å². The molecule has 0 saturated carbocycles. The van der Waals surface area contributed by atoms with Gasteiger partial charge in [-0.1, -0.05) is 11.1 Å². The average molecular weight is 299 g/mol. The second kappa shape index (κ2) is 8.23.